The summed E-state index contributed by atoms with van der Waals surface area (Å²) in [6, 6.07) is 2.01. The van der Waals surface area contributed by atoms with E-state index in [1.165, 1.54) is 20.1 Å². The number of nitrogens with one attached hydrogen (secondary N) is 1. The molecule has 1 aromatic rings. The summed E-state index contributed by atoms with van der Waals surface area (Å²) in [6.07, 6.45) is -1.56. The van der Waals surface area contributed by atoms with Gasteiger partial charge in [0.1, 0.15) is 12.3 Å². The molecule has 0 spiro atoms. The third-order valence-electron chi connectivity index (χ3n) is 4.04. The zero-order chi connectivity index (χ0) is 21.3. The van der Waals surface area contributed by atoms with Gasteiger partial charge < -0.3 is 20.3 Å². The maximum atomic E-state index is 13.1. The quantitative estimate of drug-likeness (QED) is 0.480. The number of hydrogen-bond donors (Lipinski definition) is 3. The van der Waals surface area contributed by atoms with Gasteiger partial charge in [0.05, 0.1) is 41.3 Å². The Morgan fingerprint density at radius 3 is 2.43 bits per heavy atom. The molecule has 1 aliphatic rings. The Kier molecular flexibility index (Phi) is 6.33. The van der Waals surface area contributed by atoms with Crippen LogP contribution >= 0.6 is 0 Å². The Balaban J connectivity index is 2.54. The van der Waals surface area contributed by atoms with Gasteiger partial charge in [-0.25, -0.2) is 16.8 Å². The van der Waals surface area contributed by atoms with Gasteiger partial charge in [0.25, 0.3) is 0 Å². The van der Waals surface area contributed by atoms with Crippen molar-refractivity contribution in [3.63, 3.8) is 0 Å². The van der Waals surface area contributed by atoms with E-state index in [0.29, 0.717) is 4.31 Å². The fourth-order valence-electron chi connectivity index (χ4n) is 2.87. The van der Waals surface area contributed by atoms with Crippen LogP contribution in [-0.2, 0) is 29.4 Å². The van der Waals surface area contributed by atoms with E-state index in [-0.39, 0.29) is 11.4 Å². The third-order valence-corrected chi connectivity index (χ3v) is 7.61. The number of carboxylic acids is 1. The van der Waals surface area contributed by atoms with Gasteiger partial charge in [-0.05, 0) is 18.2 Å². The predicted octanol–water partition coefficient (Wildman–Crippen LogP) is -1.11. The van der Waals surface area contributed by atoms with E-state index >= 15 is 0 Å². The molecule has 2 rings (SSSR count). The number of benzene rings is 1. The highest BCUT2D eigenvalue weighted by Gasteiger charge is 2.45. The van der Waals surface area contributed by atoms with Gasteiger partial charge in [0, 0.05) is 6.92 Å². The Bertz CT molecular complexity index is 989. The number of sulfone groups is 1. The van der Waals surface area contributed by atoms with Gasteiger partial charge in [-0.3, -0.25) is 9.59 Å². The second kappa shape index (κ2) is 8.03. The van der Waals surface area contributed by atoms with Gasteiger partial charge in [-0.15, -0.1) is 0 Å². The molecule has 0 unspecified atom stereocenters. The van der Waals surface area contributed by atoms with Crippen molar-refractivity contribution in [2.75, 3.05) is 30.5 Å². The number of rotatable bonds is 7. The van der Waals surface area contributed by atoms with Crippen molar-refractivity contribution in [1.29, 1.82) is 0 Å². The van der Waals surface area contributed by atoms with Gasteiger partial charge in [0.15, 0.2) is 9.84 Å². The van der Waals surface area contributed by atoms with Crippen LogP contribution in [0.3, 0.4) is 0 Å². The SMILES string of the molecule is COc1ccc(S(=O)(=O)N(CC(=O)O)[C@H]2CS(=O)(=O)C[C@@H]2O)cc1NC(C)=O. The van der Waals surface area contributed by atoms with Gasteiger partial charge in [-0.1, -0.05) is 0 Å². The van der Waals surface area contributed by atoms with Crippen LogP contribution < -0.4 is 10.1 Å². The Morgan fingerprint density at radius 1 is 1.32 bits per heavy atom. The van der Waals surface area contributed by atoms with E-state index in [9.17, 15) is 31.5 Å². The number of anilines is 1. The van der Waals surface area contributed by atoms with Crippen LogP contribution in [0.15, 0.2) is 23.1 Å². The van der Waals surface area contributed by atoms with Crippen molar-refractivity contribution >= 4 is 37.4 Å². The predicted molar refractivity (Wildman–Crippen MR) is 97.3 cm³/mol. The number of ether oxygens (including phenoxy) is 1. The normalized spacial score (nSPS) is 21.4. The molecule has 3 N–H and O–H groups in total. The summed E-state index contributed by atoms with van der Waals surface area (Å²) in [5, 5.41) is 21.5. The largest absolute Gasteiger partial charge is 0.495 e. The molecule has 1 aromatic carbocycles. The molecule has 11 nitrogen and oxygen atoms in total. The monoisotopic (exact) mass is 436 g/mol. The molecule has 0 radical (unpaired) electrons. The molecular weight excluding hydrogens is 416 g/mol. The Hall–Kier alpha value is -2.22. The van der Waals surface area contributed by atoms with Gasteiger partial charge in [0.2, 0.25) is 15.9 Å². The lowest BCUT2D eigenvalue weighted by Crippen LogP contribution is -2.48. The molecule has 0 saturated carbocycles. The molecule has 28 heavy (non-hydrogen) atoms. The lowest BCUT2D eigenvalue weighted by atomic mass is 10.2. The van der Waals surface area contributed by atoms with Crippen LogP contribution in [0.1, 0.15) is 6.92 Å². The van der Waals surface area contributed by atoms with Crippen LogP contribution in [0, 0.1) is 0 Å². The van der Waals surface area contributed by atoms with Crippen molar-refractivity contribution in [3.05, 3.63) is 18.2 Å². The molecule has 0 bridgehead atoms. The minimum atomic E-state index is -4.52. The average molecular weight is 436 g/mol. The number of carbonyl (C=O) groups is 2. The van der Waals surface area contributed by atoms with Crippen LogP contribution in [0.4, 0.5) is 5.69 Å². The number of amides is 1. The third kappa shape index (κ3) is 4.79. The van der Waals surface area contributed by atoms with Crippen LogP contribution in [0.5, 0.6) is 5.75 Å². The van der Waals surface area contributed by atoms with Crippen LogP contribution in [-0.4, -0.2) is 80.5 Å². The fraction of sp³-hybridized carbons (Fsp3) is 0.467. The standard InChI is InChI=1S/C15H20N2O9S2/c1-9(18)16-11-5-10(3-4-14(11)26-2)28(24,25)17(6-15(20)21)12-7-27(22,23)8-13(12)19/h3-5,12-13,19H,6-8H2,1-2H3,(H,16,18)(H,20,21)/t12-,13-/m0/s1. The number of sulfonamides is 1. The number of aliphatic carboxylic acids is 1. The Morgan fingerprint density at radius 2 is 1.96 bits per heavy atom. The molecule has 1 amide bonds. The highest BCUT2D eigenvalue weighted by molar-refractivity contribution is 7.92. The summed E-state index contributed by atoms with van der Waals surface area (Å²) in [4.78, 5) is 22.2. The molecule has 156 valence electrons. The lowest BCUT2D eigenvalue weighted by molar-refractivity contribution is -0.137. The number of hydrogen-bond acceptors (Lipinski definition) is 8. The minimum Gasteiger partial charge on any atom is -0.495 e. The highest BCUT2D eigenvalue weighted by atomic mass is 32.2. The molecule has 1 saturated heterocycles. The average Bonchev–Trinajstić information content (AvgIpc) is 2.84. The molecule has 0 aliphatic carbocycles. The maximum Gasteiger partial charge on any atom is 0.318 e. The highest BCUT2D eigenvalue weighted by Crippen LogP contribution is 2.31. The van der Waals surface area contributed by atoms with E-state index in [1.807, 2.05) is 0 Å². The van der Waals surface area contributed by atoms with Crippen molar-refractivity contribution in [2.45, 2.75) is 24.0 Å². The Labute approximate surface area is 161 Å². The summed E-state index contributed by atoms with van der Waals surface area (Å²) in [7, 11) is -6.94. The summed E-state index contributed by atoms with van der Waals surface area (Å²) >= 11 is 0. The van der Waals surface area contributed by atoms with Crippen molar-refractivity contribution in [1.82, 2.24) is 4.31 Å². The fourth-order valence-corrected chi connectivity index (χ4v) is 6.39. The first kappa shape index (κ1) is 22.1. The number of aliphatic hydroxyl groups is 1. The van der Waals surface area contributed by atoms with Crippen molar-refractivity contribution in [3.8, 4) is 5.75 Å². The molecule has 1 fully saturated rings. The summed E-state index contributed by atoms with van der Waals surface area (Å²) in [5.74, 6) is -3.20. The summed E-state index contributed by atoms with van der Waals surface area (Å²) < 4.78 is 55.1. The van der Waals surface area contributed by atoms with Crippen LogP contribution in [0.2, 0.25) is 0 Å². The van der Waals surface area contributed by atoms with Gasteiger partial charge >= 0.3 is 5.97 Å². The van der Waals surface area contributed by atoms with Crippen molar-refractivity contribution < 1.29 is 41.4 Å². The molecule has 1 heterocycles. The number of carboxylic acid groups (broad SMARTS) is 1. The van der Waals surface area contributed by atoms with E-state index in [2.05, 4.69) is 5.32 Å². The van der Waals surface area contributed by atoms with E-state index in [4.69, 9.17) is 9.84 Å². The minimum absolute atomic E-state index is 0.0333. The summed E-state index contributed by atoms with van der Waals surface area (Å²) in [5.41, 5.74) is 0.0333. The number of methoxy groups -OCH3 is 1. The zero-order valence-corrected chi connectivity index (χ0v) is 16.7. The van der Waals surface area contributed by atoms with E-state index < -0.39 is 66.8 Å². The molecule has 2 atom stereocenters. The second-order valence-electron chi connectivity index (χ2n) is 6.20. The lowest BCUT2D eigenvalue weighted by Gasteiger charge is -2.28. The molecule has 13 heteroatoms. The zero-order valence-electron chi connectivity index (χ0n) is 15.0. The van der Waals surface area contributed by atoms with Gasteiger partial charge in [-0.2, -0.15) is 4.31 Å². The van der Waals surface area contributed by atoms with Crippen molar-refractivity contribution in [2.24, 2.45) is 0 Å². The first-order valence-corrected chi connectivity index (χ1v) is 11.2. The smallest absolute Gasteiger partial charge is 0.318 e. The first-order valence-electron chi connectivity index (χ1n) is 7.95. The molecular formula is C15H20N2O9S2. The number of nitrogens with zero attached hydrogens (tertiary/aromatic N) is 1. The maximum absolute atomic E-state index is 13.1. The first-order chi connectivity index (χ1) is 12.9. The second-order valence-corrected chi connectivity index (χ2v) is 10.2. The molecule has 1 aliphatic heterocycles. The number of carbonyl (C=O) groups excluding carboxylic acids is 1. The van der Waals surface area contributed by atoms with E-state index in [0.717, 1.165) is 12.1 Å². The van der Waals surface area contributed by atoms with Crippen LogP contribution in [0.25, 0.3) is 0 Å². The topological polar surface area (TPSA) is 167 Å². The van der Waals surface area contributed by atoms with E-state index in [1.54, 1.807) is 0 Å². The summed E-state index contributed by atoms with van der Waals surface area (Å²) in [6.45, 7) is 0.165. The number of aliphatic hydroxyl groups excluding tert-OH is 1. The molecule has 0 aromatic heterocycles.